The Labute approximate surface area is 171 Å². The van der Waals surface area contributed by atoms with Gasteiger partial charge in [0.1, 0.15) is 0 Å². The van der Waals surface area contributed by atoms with E-state index in [1.54, 1.807) is 0 Å². The van der Waals surface area contributed by atoms with E-state index < -0.39 is 0 Å². The van der Waals surface area contributed by atoms with Gasteiger partial charge in [0.2, 0.25) is 0 Å². The summed E-state index contributed by atoms with van der Waals surface area (Å²) < 4.78 is 1.85. The molecule has 150 valence electrons. The van der Waals surface area contributed by atoms with Crippen LogP contribution in [0.3, 0.4) is 0 Å². The van der Waals surface area contributed by atoms with Crippen molar-refractivity contribution < 1.29 is 4.79 Å². The van der Waals surface area contributed by atoms with Crippen LogP contribution in [0.4, 0.5) is 4.79 Å². The van der Waals surface area contributed by atoms with Gasteiger partial charge in [-0.05, 0) is 41.7 Å². The third-order valence-electron chi connectivity index (χ3n) is 5.28. The Kier molecular flexibility index (Phi) is 6.22. The molecule has 0 bridgehead atoms. The molecule has 0 radical (unpaired) electrons. The highest BCUT2D eigenvalue weighted by Gasteiger charge is 2.15. The second-order valence-corrected chi connectivity index (χ2v) is 7.36. The van der Waals surface area contributed by atoms with E-state index in [1.165, 1.54) is 11.1 Å². The Bertz CT molecular complexity index is 937. The van der Waals surface area contributed by atoms with Gasteiger partial charge >= 0.3 is 6.03 Å². The molecule has 0 spiro atoms. The van der Waals surface area contributed by atoms with Gasteiger partial charge in [-0.1, -0.05) is 42.5 Å². The average Bonchev–Trinajstić information content (AvgIpc) is 3.23. The highest BCUT2D eigenvalue weighted by atomic mass is 16.2. The minimum absolute atomic E-state index is 0.113. The average molecular weight is 390 g/mol. The van der Waals surface area contributed by atoms with E-state index in [9.17, 15) is 4.79 Å². The molecule has 1 aromatic heterocycles. The van der Waals surface area contributed by atoms with Gasteiger partial charge in [0.25, 0.3) is 0 Å². The molecule has 2 N–H and O–H groups in total. The maximum Gasteiger partial charge on any atom is 0.314 e. The number of carbonyl (C=O) groups is 1. The quantitative estimate of drug-likeness (QED) is 0.653. The minimum Gasteiger partial charge on any atom is -0.338 e. The highest BCUT2D eigenvalue weighted by molar-refractivity contribution is 5.73. The summed E-state index contributed by atoms with van der Waals surface area (Å²) in [5.41, 5.74) is 4.98. The van der Waals surface area contributed by atoms with E-state index in [2.05, 4.69) is 44.9 Å². The van der Waals surface area contributed by atoms with Crippen LogP contribution in [0.15, 0.2) is 67.0 Å². The molecule has 6 heteroatoms. The van der Waals surface area contributed by atoms with Crippen LogP contribution in [0.5, 0.6) is 0 Å². The van der Waals surface area contributed by atoms with E-state index >= 15 is 0 Å². The van der Waals surface area contributed by atoms with Gasteiger partial charge in [0.05, 0.1) is 11.9 Å². The van der Waals surface area contributed by atoms with Crippen molar-refractivity contribution in [3.8, 4) is 5.69 Å². The molecule has 6 nitrogen and oxygen atoms in total. The Morgan fingerprint density at radius 2 is 1.72 bits per heavy atom. The zero-order valence-electron chi connectivity index (χ0n) is 16.6. The van der Waals surface area contributed by atoms with Crippen molar-refractivity contribution >= 4 is 6.03 Å². The van der Waals surface area contributed by atoms with Gasteiger partial charge in [0.15, 0.2) is 0 Å². The number of nitrogens with zero attached hydrogens (tertiary/aromatic N) is 3. The number of nitrogens with one attached hydrogen (secondary N) is 2. The predicted octanol–water partition coefficient (Wildman–Crippen LogP) is 2.77. The lowest BCUT2D eigenvalue weighted by molar-refractivity contribution is 0.231. The minimum atomic E-state index is -0.113. The van der Waals surface area contributed by atoms with Crippen molar-refractivity contribution in [2.75, 3.05) is 26.2 Å². The zero-order valence-corrected chi connectivity index (χ0v) is 16.6. The van der Waals surface area contributed by atoms with Crippen molar-refractivity contribution in [1.82, 2.24) is 25.3 Å². The molecule has 1 aliphatic heterocycles. The number of urea groups is 1. The maximum absolute atomic E-state index is 12.0. The van der Waals surface area contributed by atoms with E-state index in [-0.39, 0.29) is 6.03 Å². The smallest absolute Gasteiger partial charge is 0.314 e. The number of para-hydroxylation sites is 1. The number of aromatic nitrogens is 2. The van der Waals surface area contributed by atoms with E-state index in [4.69, 9.17) is 0 Å². The zero-order chi connectivity index (χ0) is 19.9. The molecule has 0 unspecified atom stereocenters. The fraction of sp³-hybridized carbons (Fsp3) is 0.304. The number of amides is 2. The van der Waals surface area contributed by atoms with Crippen LogP contribution in [-0.2, 0) is 19.4 Å². The first-order valence-electron chi connectivity index (χ1n) is 10.2. The molecule has 0 aliphatic carbocycles. The first kappa shape index (κ1) is 19.2. The summed E-state index contributed by atoms with van der Waals surface area (Å²) in [4.78, 5) is 14.4. The van der Waals surface area contributed by atoms with Crippen LogP contribution in [0.2, 0.25) is 0 Å². The molecule has 0 atom stereocenters. The van der Waals surface area contributed by atoms with Crippen LogP contribution >= 0.6 is 0 Å². The van der Waals surface area contributed by atoms with Crippen LogP contribution in [0.25, 0.3) is 5.69 Å². The lowest BCUT2D eigenvalue weighted by Gasteiger charge is -2.28. The summed E-state index contributed by atoms with van der Waals surface area (Å²) in [7, 11) is 0. The second-order valence-electron chi connectivity index (χ2n) is 7.36. The van der Waals surface area contributed by atoms with Crippen molar-refractivity contribution in [1.29, 1.82) is 0 Å². The predicted molar refractivity (Wildman–Crippen MR) is 114 cm³/mol. The maximum atomic E-state index is 12.0. The molecule has 0 saturated heterocycles. The fourth-order valence-electron chi connectivity index (χ4n) is 3.67. The van der Waals surface area contributed by atoms with Crippen molar-refractivity contribution in [2.45, 2.75) is 19.4 Å². The molecule has 2 heterocycles. The molecule has 0 fully saturated rings. The number of hydrogen-bond donors (Lipinski definition) is 2. The van der Waals surface area contributed by atoms with E-state index in [1.807, 2.05) is 47.4 Å². The molecule has 29 heavy (non-hydrogen) atoms. The van der Waals surface area contributed by atoms with Crippen LogP contribution < -0.4 is 10.6 Å². The summed E-state index contributed by atoms with van der Waals surface area (Å²) in [6, 6.07) is 18.5. The molecular weight excluding hydrogens is 362 g/mol. The molecule has 0 saturated carbocycles. The summed E-state index contributed by atoms with van der Waals surface area (Å²) in [6.45, 7) is 4.12. The van der Waals surface area contributed by atoms with E-state index in [0.717, 1.165) is 43.7 Å². The fourth-order valence-corrected chi connectivity index (χ4v) is 3.67. The molecule has 2 amide bonds. The summed E-state index contributed by atoms with van der Waals surface area (Å²) in [5.74, 6) is 0. The molecule has 3 aromatic rings. The highest BCUT2D eigenvalue weighted by Crippen LogP contribution is 2.17. The molecule has 1 aliphatic rings. The first-order valence-corrected chi connectivity index (χ1v) is 10.2. The Balaban J connectivity index is 1.14. The van der Waals surface area contributed by atoms with E-state index in [0.29, 0.717) is 13.1 Å². The number of hydrogen-bond acceptors (Lipinski definition) is 3. The van der Waals surface area contributed by atoms with Gasteiger partial charge in [0, 0.05) is 38.9 Å². The van der Waals surface area contributed by atoms with Gasteiger partial charge in [-0.2, -0.15) is 5.10 Å². The van der Waals surface area contributed by atoms with Crippen LogP contribution in [0, 0.1) is 0 Å². The topological polar surface area (TPSA) is 62.2 Å². The van der Waals surface area contributed by atoms with Crippen LogP contribution in [0.1, 0.15) is 16.7 Å². The number of benzene rings is 2. The molecule has 4 rings (SSSR count). The third-order valence-corrected chi connectivity index (χ3v) is 5.28. The largest absolute Gasteiger partial charge is 0.338 e. The Hall–Kier alpha value is -3.12. The normalized spacial score (nSPS) is 13.7. The summed E-state index contributed by atoms with van der Waals surface area (Å²) >= 11 is 0. The number of carbonyl (C=O) groups excluding carboxylic acids is 1. The molecular formula is C23H27N5O. The Morgan fingerprint density at radius 1 is 0.966 bits per heavy atom. The van der Waals surface area contributed by atoms with Gasteiger partial charge < -0.3 is 10.6 Å². The number of rotatable bonds is 7. The first-order chi connectivity index (χ1) is 14.3. The van der Waals surface area contributed by atoms with Crippen molar-refractivity contribution in [3.63, 3.8) is 0 Å². The molecule has 2 aromatic carbocycles. The van der Waals surface area contributed by atoms with Gasteiger partial charge in [-0.25, -0.2) is 9.48 Å². The lowest BCUT2D eigenvalue weighted by atomic mass is 10.00. The van der Waals surface area contributed by atoms with Gasteiger partial charge in [-0.15, -0.1) is 0 Å². The van der Waals surface area contributed by atoms with Crippen LogP contribution in [-0.4, -0.2) is 46.9 Å². The third kappa shape index (κ3) is 5.23. The standard InChI is InChI=1S/C23H27N5O/c29-23(25-13-15-27-14-11-20-6-4-5-7-21(20)18-27)24-12-10-19-16-26-28(17-19)22-8-2-1-3-9-22/h1-9,16-17H,10-15,18H2,(H2,24,25,29). The van der Waals surface area contributed by atoms with Crippen molar-refractivity contribution in [2.24, 2.45) is 0 Å². The monoisotopic (exact) mass is 389 g/mol. The second kappa shape index (κ2) is 9.39. The SMILES string of the molecule is O=C(NCCc1cnn(-c2ccccc2)c1)NCCN1CCc2ccccc2C1. The Morgan fingerprint density at radius 3 is 2.59 bits per heavy atom. The summed E-state index contributed by atoms with van der Waals surface area (Å²) in [5, 5.41) is 10.3. The summed E-state index contributed by atoms with van der Waals surface area (Å²) in [6.07, 6.45) is 5.69. The van der Waals surface area contributed by atoms with Gasteiger partial charge in [-0.3, -0.25) is 4.90 Å². The lowest BCUT2D eigenvalue weighted by Crippen LogP contribution is -2.42. The van der Waals surface area contributed by atoms with Crippen molar-refractivity contribution in [3.05, 3.63) is 83.7 Å². The number of fused-ring (bicyclic) bond motifs is 1.